The quantitative estimate of drug-likeness (QED) is 0.727. The first-order valence-electron chi connectivity index (χ1n) is 7.42. The second-order valence-electron chi connectivity index (χ2n) is 5.18. The predicted octanol–water partition coefficient (Wildman–Crippen LogP) is 4.42. The Bertz CT molecular complexity index is 837. The molecule has 0 amide bonds. The van der Waals surface area contributed by atoms with E-state index in [-0.39, 0.29) is 5.82 Å². The molecule has 24 heavy (non-hydrogen) atoms. The summed E-state index contributed by atoms with van der Waals surface area (Å²) in [5.74, 6) is 1.38. The summed E-state index contributed by atoms with van der Waals surface area (Å²) < 4.78 is 18.9. The molecule has 0 radical (unpaired) electrons. The molecule has 0 bridgehead atoms. The van der Waals surface area contributed by atoms with Gasteiger partial charge in [-0.2, -0.15) is 4.98 Å². The molecule has 0 unspecified atom stereocenters. The van der Waals surface area contributed by atoms with Crippen LogP contribution in [0.25, 0.3) is 0 Å². The van der Waals surface area contributed by atoms with Crippen molar-refractivity contribution in [2.45, 2.75) is 6.92 Å². The van der Waals surface area contributed by atoms with Gasteiger partial charge in [-0.3, -0.25) is 0 Å². The van der Waals surface area contributed by atoms with Gasteiger partial charge in [0.25, 0.3) is 0 Å². The Morgan fingerprint density at radius 1 is 0.958 bits per heavy atom. The topological polar surface area (TPSA) is 59.1 Å². The third kappa shape index (κ3) is 3.78. The number of aromatic nitrogens is 2. The highest BCUT2D eigenvalue weighted by Gasteiger charge is 2.06. The maximum absolute atomic E-state index is 13.8. The Balaban J connectivity index is 1.81. The molecule has 0 atom stereocenters. The van der Waals surface area contributed by atoms with Crippen molar-refractivity contribution in [2.24, 2.45) is 0 Å². The first-order chi connectivity index (χ1) is 11.6. The van der Waals surface area contributed by atoms with Gasteiger partial charge in [0.05, 0.1) is 12.8 Å². The van der Waals surface area contributed by atoms with Crippen LogP contribution >= 0.6 is 0 Å². The van der Waals surface area contributed by atoms with Gasteiger partial charge in [0.2, 0.25) is 5.95 Å². The summed E-state index contributed by atoms with van der Waals surface area (Å²) in [7, 11) is 1.62. The molecule has 0 aliphatic heterocycles. The van der Waals surface area contributed by atoms with Gasteiger partial charge in [0.1, 0.15) is 17.4 Å². The van der Waals surface area contributed by atoms with Gasteiger partial charge in [-0.05, 0) is 43.3 Å². The van der Waals surface area contributed by atoms with Gasteiger partial charge >= 0.3 is 0 Å². The van der Waals surface area contributed by atoms with Crippen LogP contribution in [0.5, 0.6) is 5.75 Å². The SMILES string of the molecule is COc1ccc(Nc2nc(C)cc(Nc3ccccc3F)n2)cc1. The number of anilines is 4. The minimum absolute atomic E-state index is 0.335. The zero-order valence-electron chi connectivity index (χ0n) is 13.4. The molecule has 1 heterocycles. The van der Waals surface area contributed by atoms with Gasteiger partial charge in [-0.1, -0.05) is 12.1 Å². The van der Waals surface area contributed by atoms with E-state index in [4.69, 9.17) is 4.74 Å². The van der Waals surface area contributed by atoms with Gasteiger partial charge in [0, 0.05) is 17.4 Å². The predicted molar refractivity (Wildman–Crippen MR) is 92.7 cm³/mol. The van der Waals surface area contributed by atoms with E-state index >= 15 is 0 Å². The lowest BCUT2D eigenvalue weighted by Crippen LogP contribution is -2.03. The first-order valence-corrected chi connectivity index (χ1v) is 7.42. The molecule has 2 N–H and O–H groups in total. The number of ether oxygens (including phenoxy) is 1. The molecule has 122 valence electrons. The second-order valence-corrected chi connectivity index (χ2v) is 5.18. The van der Waals surface area contributed by atoms with Crippen molar-refractivity contribution in [3.8, 4) is 5.75 Å². The molecule has 0 spiro atoms. The Kier molecular flexibility index (Phi) is 4.56. The fourth-order valence-corrected chi connectivity index (χ4v) is 2.19. The van der Waals surface area contributed by atoms with Gasteiger partial charge in [-0.25, -0.2) is 9.37 Å². The molecule has 0 saturated heterocycles. The number of methoxy groups -OCH3 is 1. The van der Waals surface area contributed by atoms with Crippen LogP contribution in [-0.2, 0) is 0 Å². The molecule has 0 saturated carbocycles. The number of rotatable bonds is 5. The fraction of sp³-hybridized carbons (Fsp3) is 0.111. The molecule has 5 nitrogen and oxygen atoms in total. The number of aryl methyl sites for hydroxylation is 1. The van der Waals surface area contributed by atoms with Crippen LogP contribution in [0.3, 0.4) is 0 Å². The number of halogens is 1. The van der Waals surface area contributed by atoms with E-state index in [1.54, 1.807) is 31.4 Å². The Morgan fingerprint density at radius 3 is 2.42 bits per heavy atom. The highest BCUT2D eigenvalue weighted by atomic mass is 19.1. The zero-order chi connectivity index (χ0) is 16.9. The number of benzene rings is 2. The molecule has 2 aromatic carbocycles. The summed E-state index contributed by atoms with van der Waals surface area (Å²) in [4.78, 5) is 8.73. The van der Waals surface area contributed by atoms with Crippen LogP contribution in [0, 0.1) is 12.7 Å². The summed E-state index contributed by atoms with van der Waals surface area (Å²) >= 11 is 0. The molecular formula is C18H17FN4O. The lowest BCUT2D eigenvalue weighted by atomic mass is 10.3. The summed E-state index contributed by atoms with van der Waals surface area (Å²) in [5, 5.41) is 6.10. The van der Waals surface area contributed by atoms with Crippen molar-refractivity contribution in [1.82, 2.24) is 9.97 Å². The fourth-order valence-electron chi connectivity index (χ4n) is 2.19. The van der Waals surface area contributed by atoms with Gasteiger partial charge in [-0.15, -0.1) is 0 Å². The molecule has 3 aromatic rings. The van der Waals surface area contributed by atoms with Crippen molar-refractivity contribution in [3.05, 3.63) is 66.1 Å². The first kappa shape index (κ1) is 15.7. The summed E-state index contributed by atoms with van der Waals surface area (Å²) in [5.41, 5.74) is 1.96. The molecule has 1 aromatic heterocycles. The molecular weight excluding hydrogens is 307 g/mol. The van der Waals surface area contributed by atoms with Crippen molar-refractivity contribution in [3.63, 3.8) is 0 Å². The Labute approximate surface area is 139 Å². The largest absolute Gasteiger partial charge is 0.497 e. The Morgan fingerprint density at radius 2 is 1.71 bits per heavy atom. The number of nitrogens with zero attached hydrogens (tertiary/aromatic N) is 2. The summed E-state index contributed by atoms with van der Waals surface area (Å²) in [6.45, 7) is 1.85. The third-order valence-corrected chi connectivity index (χ3v) is 3.34. The number of hydrogen-bond acceptors (Lipinski definition) is 5. The van der Waals surface area contributed by atoms with E-state index in [1.165, 1.54) is 6.07 Å². The van der Waals surface area contributed by atoms with Crippen LogP contribution in [-0.4, -0.2) is 17.1 Å². The van der Waals surface area contributed by atoms with Gasteiger partial charge < -0.3 is 15.4 Å². The summed E-state index contributed by atoms with van der Waals surface area (Å²) in [6, 6.07) is 15.6. The highest BCUT2D eigenvalue weighted by molar-refractivity contribution is 5.60. The second kappa shape index (κ2) is 6.95. The van der Waals surface area contributed by atoms with E-state index in [2.05, 4.69) is 20.6 Å². The van der Waals surface area contributed by atoms with E-state index in [0.717, 1.165) is 17.1 Å². The summed E-state index contributed by atoms with van der Waals surface area (Å²) in [6.07, 6.45) is 0. The molecule has 0 aliphatic carbocycles. The zero-order valence-corrected chi connectivity index (χ0v) is 13.4. The third-order valence-electron chi connectivity index (χ3n) is 3.34. The smallest absolute Gasteiger partial charge is 0.229 e. The monoisotopic (exact) mass is 324 g/mol. The van der Waals surface area contributed by atoms with Gasteiger partial charge in [0.15, 0.2) is 0 Å². The minimum Gasteiger partial charge on any atom is -0.497 e. The molecule has 6 heteroatoms. The van der Waals surface area contributed by atoms with Crippen LogP contribution in [0.1, 0.15) is 5.69 Å². The lowest BCUT2D eigenvalue weighted by Gasteiger charge is -2.11. The van der Waals surface area contributed by atoms with Crippen molar-refractivity contribution >= 4 is 23.1 Å². The average Bonchev–Trinajstić information content (AvgIpc) is 2.57. The number of para-hydroxylation sites is 1. The lowest BCUT2D eigenvalue weighted by molar-refractivity contribution is 0.415. The van der Waals surface area contributed by atoms with E-state index in [1.807, 2.05) is 31.2 Å². The van der Waals surface area contributed by atoms with Crippen molar-refractivity contribution in [2.75, 3.05) is 17.7 Å². The maximum atomic E-state index is 13.8. The van der Waals surface area contributed by atoms with Crippen molar-refractivity contribution in [1.29, 1.82) is 0 Å². The maximum Gasteiger partial charge on any atom is 0.229 e. The number of nitrogens with one attached hydrogen (secondary N) is 2. The number of hydrogen-bond donors (Lipinski definition) is 2. The van der Waals surface area contributed by atoms with E-state index < -0.39 is 0 Å². The minimum atomic E-state index is -0.335. The standard InChI is InChI=1S/C18H17FN4O/c1-12-11-17(22-16-6-4-3-5-15(16)19)23-18(20-12)21-13-7-9-14(24-2)10-8-13/h3-11H,1-2H3,(H2,20,21,22,23). The Hall–Kier alpha value is -3.15. The normalized spacial score (nSPS) is 10.3. The van der Waals surface area contributed by atoms with Crippen LogP contribution in [0.4, 0.5) is 27.5 Å². The van der Waals surface area contributed by atoms with Crippen LogP contribution < -0.4 is 15.4 Å². The van der Waals surface area contributed by atoms with E-state index in [0.29, 0.717) is 17.5 Å². The van der Waals surface area contributed by atoms with E-state index in [9.17, 15) is 4.39 Å². The van der Waals surface area contributed by atoms with Crippen molar-refractivity contribution < 1.29 is 9.13 Å². The molecule has 0 aliphatic rings. The highest BCUT2D eigenvalue weighted by Crippen LogP contribution is 2.22. The van der Waals surface area contributed by atoms with Crippen LogP contribution in [0.15, 0.2) is 54.6 Å². The molecule has 3 rings (SSSR count). The molecule has 0 fully saturated rings. The average molecular weight is 324 g/mol. The van der Waals surface area contributed by atoms with Crippen LogP contribution in [0.2, 0.25) is 0 Å².